The molecule has 1 saturated heterocycles. The quantitative estimate of drug-likeness (QED) is 0.744. The molecule has 0 saturated carbocycles. The molecule has 11 heteroatoms. The average molecular weight is 442 g/mol. The molecule has 2 amide bonds. The first-order valence-electron chi connectivity index (χ1n) is 8.22. The average Bonchev–Trinajstić information content (AvgIpc) is 3.27. The first-order chi connectivity index (χ1) is 13.3. The van der Waals surface area contributed by atoms with Crippen molar-refractivity contribution < 1.29 is 22.4 Å². The SMILES string of the molecule is CCN1C(=O)[C@H](CC(=O)Nc2ccc(F)cc2)SC1=NS(=O)(=O)c1cccs1. The molecule has 0 radical (unpaired) electrons. The van der Waals surface area contributed by atoms with Crippen LogP contribution >= 0.6 is 23.1 Å². The van der Waals surface area contributed by atoms with Crippen LogP contribution in [0.4, 0.5) is 10.1 Å². The van der Waals surface area contributed by atoms with Gasteiger partial charge in [-0.05, 0) is 42.6 Å². The molecule has 1 fully saturated rings. The van der Waals surface area contributed by atoms with E-state index in [4.69, 9.17) is 0 Å². The van der Waals surface area contributed by atoms with Crippen LogP contribution < -0.4 is 5.32 Å². The number of sulfonamides is 1. The van der Waals surface area contributed by atoms with E-state index in [9.17, 15) is 22.4 Å². The normalized spacial score (nSPS) is 18.6. The van der Waals surface area contributed by atoms with Gasteiger partial charge in [0.1, 0.15) is 15.3 Å². The predicted molar refractivity (Wildman–Crippen MR) is 107 cm³/mol. The van der Waals surface area contributed by atoms with E-state index < -0.39 is 27.0 Å². The Hall–Kier alpha value is -2.24. The van der Waals surface area contributed by atoms with Crippen molar-refractivity contribution in [1.29, 1.82) is 0 Å². The van der Waals surface area contributed by atoms with Crippen molar-refractivity contribution in [3.8, 4) is 0 Å². The van der Waals surface area contributed by atoms with Gasteiger partial charge in [-0.3, -0.25) is 14.5 Å². The van der Waals surface area contributed by atoms with Gasteiger partial charge in [0.15, 0.2) is 5.17 Å². The number of thiophene rings is 1. The fourth-order valence-corrected chi connectivity index (χ4v) is 5.86. The van der Waals surface area contributed by atoms with Crippen LogP contribution in [-0.4, -0.2) is 42.1 Å². The highest BCUT2D eigenvalue weighted by Crippen LogP contribution is 2.31. The van der Waals surface area contributed by atoms with Crippen LogP contribution in [0.3, 0.4) is 0 Å². The van der Waals surface area contributed by atoms with Crippen molar-refractivity contribution in [1.82, 2.24) is 4.90 Å². The lowest BCUT2D eigenvalue weighted by molar-refractivity contribution is -0.128. The lowest BCUT2D eigenvalue weighted by atomic mass is 10.2. The molecule has 0 aliphatic carbocycles. The van der Waals surface area contributed by atoms with Crippen molar-refractivity contribution >= 4 is 55.8 Å². The third-order valence-electron chi connectivity index (χ3n) is 3.78. The Morgan fingerprint density at radius 2 is 2.00 bits per heavy atom. The van der Waals surface area contributed by atoms with Crippen LogP contribution in [0.1, 0.15) is 13.3 Å². The van der Waals surface area contributed by atoms with Crippen LogP contribution in [0.25, 0.3) is 0 Å². The van der Waals surface area contributed by atoms with Gasteiger partial charge < -0.3 is 5.32 Å². The number of thioether (sulfide) groups is 1. The topological polar surface area (TPSA) is 95.9 Å². The third-order valence-corrected chi connectivity index (χ3v) is 7.71. The molecule has 1 N–H and O–H groups in total. The zero-order valence-electron chi connectivity index (χ0n) is 14.7. The molecule has 0 unspecified atom stereocenters. The zero-order valence-corrected chi connectivity index (χ0v) is 17.1. The predicted octanol–water partition coefficient (Wildman–Crippen LogP) is 2.92. The summed E-state index contributed by atoms with van der Waals surface area (Å²) in [5.74, 6) is -1.23. The molecule has 1 aromatic heterocycles. The van der Waals surface area contributed by atoms with Gasteiger partial charge in [-0.25, -0.2) is 4.39 Å². The Morgan fingerprint density at radius 3 is 2.61 bits per heavy atom. The van der Waals surface area contributed by atoms with Gasteiger partial charge in [-0.1, -0.05) is 17.8 Å². The number of halogens is 1. The van der Waals surface area contributed by atoms with E-state index in [0.29, 0.717) is 5.69 Å². The van der Waals surface area contributed by atoms with Gasteiger partial charge in [0.25, 0.3) is 10.0 Å². The Balaban J connectivity index is 1.73. The molecule has 7 nitrogen and oxygen atoms in total. The van der Waals surface area contributed by atoms with Crippen molar-refractivity contribution in [2.24, 2.45) is 4.40 Å². The van der Waals surface area contributed by atoms with Gasteiger partial charge in [0, 0.05) is 18.7 Å². The Labute approximate surface area is 169 Å². The number of benzene rings is 1. The molecule has 3 rings (SSSR count). The molecular weight excluding hydrogens is 425 g/mol. The van der Waals surface area contributed by atoms with Crippen LogP contribution in [0.2, 0.25) is 0 Å². The van der Waals surface area contributed by atoms with E-state index in [1.54, 1.807) is 18.4 Å². The van der Waals surface area contributed by atoms with Gasteiger partial charge >= 0.3 is 0 Å². The summed E-state index contributed by atoms with van der Waals surface area (Å²) in [7, 11) is -3.92. The van der Waals surface area contributed by atoms with Gasteiger partial charge in [0.05, 0.1) is 0 Å². The highest BCUT2D eigenvalue weighted by molar-refractivity contribution is 8.16. The summed E-state index contributed by atoms with van der Waals surface area (Å²) >= 11 is 1.99. The minimum atomic E-state index is -3.92. The summed E-state index contributed by atoms with van der Waals surface area (Å²) in [5.41, 5.74) is 0.406. The highest BCUT2D eigenvalue weighted by atomic mass is 32.2. The molecule has 0 bridgehead atoms. The van der Waals surface area contributed by atoms with E-state index in [2.05, 4.69) is 9.71 Å². The Kier molecular flexibility index (Phi) is 6.16. The Morgan fingerprint density at radius 1 is 1.29 bits per heavy atom. The second kappa shape index (κ2) is 8.41. The van der Waals surface area contributed by atoms with E-state index >= 15 is 0 Å². The lowest BCUT2D eigenvalue weighted by Crippen LogP contribution is -2.33. The van der Waals surface area contributed by atoms with Crippen LogP contribution in [0.5, 0.6) is 0 Å². The number of nitrogens with zero attached hydrogens (tertiary/aromatic N) is 2. The maximum atomic E-state index is 12.9. The van der Waals surface area contributed by atoms with Gasteiger partial charge in [0.2, 0.25) is 11.8 Å². The molecule has 0 spiro atoms. The fraction of sp³-hybridized carbons (Fsp3) is 0.235. The molecule has 28 heavy (non-hydrogen) atoms. The van der Waals surface area contributed by atoms with Crippen molar-refractivity contribution in [3.63, 3.8) is 0 Å². The van der Waals surface area contributed by atoms with Gasteiger partial charge in [-0.15, -0.1) is 15.7 Å². The van der Waals surface area contributed by atoms with Crippen LogP contribution in [0.15, 0.2) is 50.4 Å². The summed E-state index contributed by atoms with van der Waals surface area (Å²) in [5, 5.41) is 3.49. The second-order valence-electron chi connectivity index (χ2n) is 5.73. The fourth-order valence-electron chi connectivity index (χ4n) is 2.47. The maximum absolute atomic E-state index is 12.9. The summed E-state index contributed by atoms with van der Waals surface area (Å²) in [6, 6.07) is 8.29. The van der Waals surface area contributed by atoms with Gasteiger partial charge in [-0.2, -0.15) is 8.42 Å². The zero-order chi connectivity index (χ0) is 20.3. The van der Waals surface area contributed by atoms with E-state index in [-0.39, 0.29) is 28.2 Å². The lowest BCUT2D eigenvalue weighted by Gasteiger charge is -2.13. The minimum absolute atomic E-state index is 0.0560. The van der Waals surface area contributed by atoms with E-state index in [0.717, 1.165) is 23.1 Å². The molecule has 1 aromatic carbocycles. The van der Waals surface area contributed by atoms with E-state index in [1.165, 1.54) is 35.2 Å². The first kappa shape index (κ1) is 20.5. The summed E-state index contributed by atoms with van der Waals surface area (Å²) < 4.78 is 41.6. The third kappa shape index (κ3) is 4.59. The maximum Gasteiger partial charge on any atom is 0.294 e. The molecule has 1 atom stereocenters. The highest BCUT2D eigenvalue weighted by Gasteiger charge is 2.39. The largest absolute Gasteiger partial charge is 0.326 e. The second-order valence-corrected chi connectivity index (χ2v) is 9.68. The number of nitrogens with one attached hydrogen (secondary N) is 1. The van der Waals surface area contributed by atoms with Crippen molar-refractivity contribution in [2.45, 2.75) is 22.8 Å². The van der Waals surface area contributed by atoms with Crippen molar-refractivity contribution in [3.05, 3.63) is 47.6 Å². The number of hydrogen-bond donors (Lipinski definition) is 1. The molecule has 1 aliphatic heterocycles. The number of carbonyl (C=O) groups excluding carboxylic acids is 2. The molecule has 1 aliphatic rings. The molecule has 2 aromatic rings. The van der Waals surface area contributed by atoms with Crippen LogP contribution in [0, 0.1) is 5.82 Å². The monoisotopic (exact) mass is 441 g/mol. The number of hydrogen-bond acceptors (Lipinski definition) is 6. The molecular formula is C17H16FN3O4S3. The number of amidine groups is 1. The molecule has 2 heterocycles. The number of amides is 2. The molecule has 148 valence electrons. The van der Waals surface area contributed by atoms with E-state index in [1.807, 2.05) is 0 Å². The summed E-state index contributed by atoms with van der Waals surface area (Å²) in [4.78, 5) is 26.0. The summed E-state index contributed by atoms with van der Waals surface area (Å²) in [6.07, 6.45) is -0.157. The minimum Gasteiger partial charge on any atom is -0.326 e. The number of anilines is 1. The van der Waals surface area contributed by atoms with Crippen molar-refractivity contribution in [2.75, 3.05) is 11.9 Å². The smallest absolute Gasteiger partial charge is 0.294 e. The standard InChI is InChI=1S/C17H16FN3O4S3/c1-2-21-16(23)13(10-14(22)19-12-7-5-11(18)6-8-12)27-17(21)20-28(24,25)15-4-3-9-26-15/h3-9,13H,2,10H2,1H3,(H,19,22)/t13-/m0/s1. The summed E-state index contributed by atoms with van der Waals surface area (Å²) in [6.45, 7) is 1.94. The van der Waals surface area contributed by atoms with Crippen LogP contribution in [-0.2, 0) is 19.6 Å². The number of carbonyl (C=O) groups is 2. The Bertz CT molecular complexity index is 1000. The first-order valence-corrected chi connectivity index (χ1v) is 11.4. The number of rotatable bonds is 6.